The molecule has 18 heavy (non-hydrogen) atoms. The van der Waals surface area contributed by atoms with Gasteiger partial charge in [0.05, 0.1) is 12.3 Å². The fraction of sp³-hybridized carbons (Fsp3) is 0.615. The Labute approximate surface area is 107 Å². The van der Waals surface area contributed by atoms with Gasteiger partial charge in [0.2, 0.25) is 0 Å². The van der Waals surface area contributed by atoms with Crippen molar-refractivity contribution >= 4 is 5.91 Å². The van der Waals surface area contributed by atoms with Gasteiger partial charge in [-0.25, -0.2) is 4.98 Å². The van der Waals surface area contributed by atoms with Crippen LogP contribution < -0.4 is 0 Å². The van der Waals surface area contributed by atoms with E-state index in [9.17, 15) is 9.90 Å². The van der Waals surface area contributed by atoms with Gasteiger partial charge >= 0.3 is 0 Å². The van der Waals surface area contributed by atoms with E-state index in [0.29, 0.717) is 12.1 Å². The lowest BCUT2D eigenvalue weighted by Gasteiger charge is -2.36. The van der Waals surface area contributed by atoms with Crippen molar-refractivity contribution < 1.29 is 9.90 Å². The molecule has 2 atom stereocenters. The first-order chi connectivity index (χ1) is 8.68. The van der Waals surface area contributed by atoms with Gasteiger partial charge < -0.3 is 10.0 Å². The maximum atomic E-state index is 12.3. The molecule has 2 heterocycles. The quantitative estimate of drug-likeness (QED) is 0.875. The number of amides is 1. The Kier molecular flexibility index (Phi) is 4.25. The molecule has 0 aromatic carbocycles. The molecule has 1 aliphatic heterocycles. The van der Waals surface area contributed by atoms with Crippen LogP contribution in [-0.2, 0) is 0 Å². The van der Waals surface area contributed by atoms with Crippen LogP contribution in [0.15, 0.2) is 18.6 Å². The number of hydrogen-bond acceptors (Lipinski definition) is 4. The summed E-state index contributed by atoms with van der Waals surface area (Å²) >= 11 is 0. The molecular weight excluding hydrogens is 230 g/mol. The zero-order valence-electron chi connectivity index (χ0n) is 10.6. The number of aliphatic hydroxyl groups excluding tert-OH is 1. The molecule has 0 aliphatic carbocycles. The lowest BCUT2D eigenvalue weighted by Crippen LogP contribution is -2.45. The minimum absolute atomic E-state index is 0.0755. The van der Waals surface area contributed by atoms with Gasteiger partial charge in [0.25, 0.3) is 5.91 Å². The molecule has 98 valence electrons. The highest BCUT2D eigenvalue weighted by molar-refractivity contribution is 5.92. The Balaban J connectivity index is 2.11. The first-order valence-electron chi connectivity index (χ1n) is 6.43. The molecule has 2 unspecified atom stereocenters. The summed E-state index contributed by atoms with van der Waals surface area (Å²) in [7, 11) is 0. The summed E-state index contributed by atoms with van der Waals surface area (Å²) in [6.45, 7) is 2.51. The highest BCUT2D eigenvalue weighted by Crippen LogP contribution is 2.22. The zero-order valence-corrected chi connectivity index (χ0v) is 10.6. The van der Waals surface area contributed by atoms with Crippen molar-refractivity contribution in [3.05, 3.63) is 24.3 Å². The van der Waals surface area contributed by atoms with Crippen molar-refractivity contribution in [1.29, 1.82) is 0 Å². The van der Waals surface area contributed by atoms with Crippen LogP contribution in [0.25, 0.3) is 0 Å². The number of aliphatic hydroxyl groups is 1. The average Bonchev–Trinajstić information content (AvgIpc) is 2.39. The van der Waals surface area contributed by atoms with Crippen molar-refractivity contribution in [2.45, 2.75) is 44.8 Å². The largest absolute Gasteiger partial charge is 0.393 e. The first kappa shape index (κ1) is 13.0. The molecule has 1 N–H and O–H groups in total. The van der Waals surface area contributed by atoms with Gasteiger partial charge in [-0.15, -0.1) is 0 Å². The average molecular weight is 249 g/mol. The highest BCUT2D eigenvalue weighted by atomic mass is 16.3. The van der Waals surface area contributed by atoms with Gasteiger partial charge in [-0.05, 0) is 32.6 Å². The molecular formula is C13H19N3O2. The molecule has 1 amide bonds. The second-order valence-corrected chi connectivity index (χ2v) is 4.82. The first-order valence-corrected chi connectivity index (χ1v) is 6.43. The minimum atomic E-state index is -0.384. The fourth-order valence-electron chi connectivity index (χ4n) is 2.46. The number of likely N-dealkylation sites (tertiary alicyclic amines) is 1. The molecule has 1 fully saturated rings. The Hall–Kier alpha value is -1.49. The standard InChI is InChI=1S/C13H19N3O2/c1-10(17)8-11-4-2-3-7-16(11)13(18)12-9-14-5-6-15-12/h5-6,9-11,17H,2-4,7-8H2,1H3. The van der Waals surface area contributed by atoms with Crippen LogP contribution in [0.1, 0.15) is 43.1 Å². The van der Waals surface area contributed by atoms with E-state index in [4.69, 9.17) is 0 Å². The number of carbonyl (C=O) groups excluding carboxylic acids is 1. The SMILES string of the molecule is CC(O)CC1CCCCN1C(=O)c1cnccn1. The summed E-state index contributed by atoms with van der Waals surface area (Å²) in [5.74, 6) is -0.0755. The topological polar surface area (TPSA) is 66.3 Å². The van der Waals surface area contributed by atoms with Crippen LogP contribution in [-0.4, -0.2) is 44.6 Å². The number of carbonyl (C=O) groups is 1. The van der Waals surface area contributed by atoms with Crippen molar-refractivity contribution in [3.63, 3.8) is 0 Å². The fourth-order valence-corrected chi connectivity index (χ4v) is 2.46. The van der Waals surface area contributed by atoms with Crippen molar-refractivity contribution in [3.8, 4) is 0 Å². The third-order valence-corrected chi connectivity index (χ3v) is 3.28. The summed E-state index contributed by atoms with van der Waals surface area (Å²) in [5.41, 5.74) is 0.384. The predicted molar refractivity (Wildman–Crippen MR) is 67.0 cm³/mol. The number of piperidine rings is 1. The van der Waals surface area contributed by atoms with Crippen LogP contribution in [0.5, 0.6) is 0 Å². The van der Waals surface area contributed by atoms with E-state index in [1.807, 2.05) is 4.90 Å². The molecule has 0 spiro atoms. The summed E-state index contributed by atoms with van der Waals surface area (Å²) in [6.07, 6.45) is 7.91. The molecule has 1 saturated heterocycles. The van der Waals surface area contributed by atoms with E-state index in [2.05, 4.69) is 9.97 Å². The van der Waals surface area contributed by atoms with Crippen molar-refractivity contribution in [2.75, 3.05) is 6.54 Å². The van der Waals surface area contributed by atoms with E-state index < -0.39 is 0 Å². The summed E-state index contributed by atoms with van der Waals surface area (Å²) in [6, 6.07) is 0.119. The molecule has 1 aromatic rings. The number of aromatic nitrogens is 2. The van der Waals surface area contributed by atoms with Crippen molar-refractivity contribution in [1.82, 2.24) is 14.9 Å². The second kappa shape index (κ2) is 5.91. The van der Waals surface area contributed by atoms with Crippen molar-refractivity contribution in [2.24, 2.45) is 0 Å². The predicted octanol–water partition coefficient (Wildman–Crippen LogP) is 1.24. The highest BCUT2D eigenvalue weighted by Gasteiger charge is 2.28. The summed E-state index contributed by atoms with van der Waals surface area (Å²) in [5, 5.41) is 9.51. The molecule has 1 aromatic heterocycles. The zero-order chi connectivity index (χ0) is 13.0. The van der Waals surface area contributed by atoms with Gasteiger partial charge in [-0.1, -0.05) is 0 Å². The maximum Gasteiger partial charge on any atom is 0.274 e. The van der Waals surface area contributed by atoms with Gasteiger partial charge in [0.15, 0.2) is 0 Å². The van der Waals surface area contributed by atoms with Crippen LogP contribution in [0, 0.1) is 0 Å². The smallest absolute Gasteiger partial charge is 0.274 e. The number of nitrogens with zero attached hydrogens (tertiary/aromatic N) is 3. The Morgan fingerprint density at radius 1 is 1.56 bits per heavy atom. The van der Waals surface area contributed by atoms with Gasteiger partial charge in [0.1, 0.15) is 5.69 Å². The minimum Gasteiger partial charge on any atom is -0.393 e. The van der Waals surface area contributed by atoms with E-state index in [-0.39, 0.29) is 18.1 Å². The Bertz CT molecular complexity index is 394. The normalized spacial score (nSPS) is 21.7. The Morgan fingerprint density at radius 3 is 3.06 bits per heavy atom. The number of rotatable bonds is 3. The van der Waals surface area contributed by atoms with Crippen LogP contribution in [0.2, 0.25) is 0 Å². The Morgan fingerprint density at radius 2 is 2.39 bits per heavy atom. The molecule has 2 rings (SSSR count). The van der Waals surface area contributed by atoms with Gasteiger partial charge in [0, 0.05) is 25.0 Å². The molecule has 0 radical (unpaired) electrons. The van der Waals surface area contributed by atoms with Crippen LogP contribution in [0.3, 0.4) is 0 Å². The maximum absolute atomic E-state index is 12.3. The number of hydrogen-bond donors (Lipinski definition) is 1. The lowest BCUT2D eigenvalue weighted by atomic mass is 9.97. The summed E-state index contributed by atoms with van der Waals surface area (Å²) in [4.78, 5) is 22.1. The molecule has 0 saturated carbocycles. The van der Waals surface area contributed by atoms with E-state index in [0.717, 1.165) is 25.8 Å². The van der Waals surface area contributed by atoms with Crippen LogP contribution >= 0.6 is 0 Å². The molecule has 0 bridgehead atoms. The monoisotopic (exact) mass is 249 g/mol. The second-order valence-electron chi connectivity index (χ2n) is 4.82. The van der Waals surface area contributed by atoms with E-state index in [1.54, 1.807) is 13.1 Å². The van der Waals surface area contributed by atoms with Crippen LogP contribution in [0.4, 0.5) is 0 Å². The van der Waals surface area contributed by atoms with E-state index in [1.165, 1.54) is 12.4 Å². The molecule has 5 nitrogen and oxygen atoms in total. The van der Waals surface area contributed by atoms with Gasteiger partial charge in [-0.2, -0.15) is 0 Å². The third-order valence-electron chi connectivity index (χ3n) is 3.28. The lowest BCUT2D eigenvalue weighted by molar-refractivity contribution is 0.0509. The third kappa shape index (κ3) is 3.04. The molecule has 5 heteroatoms. The molecule has 1 aliphatic rings. The summed E-state index contributed by atoms with van der Waals surface area (Å²) < 4.78 is 0. The van der Waals surface area contributed by atoms with Gasteiger partial charge in [-0.3, -0.25) is 9.78 Å². The van der Waals surface area contributed by atoms with E-state index >= 15 is 0 Å².